The standard InChI is InChI=1S/C13H11N3OS/c1-16-12(17)11(15-13(16)18)6-8-7-14-10-5-3-2-4-9(8)10/h2-7,17H,1H3,(H,15,18)/b8-6+. The molecule has 18 heavy (non-hydrogen) atoms. The molecule has 1 aromatic heterocycles. The van der Waals surface area contributed by atoms with Gasteiger partial charge in [-0.2, -0.15) is 0 Å². The molecular weight excluding hydrogens is 246 g/mol. The minimum Gasteiger partial charge on any atom is -0.493 e. The first-order valence-corrected chi connectivity index (χ1v) is 5.91. The van der Waals surface area contributed by atoms with Gasteiger partial charge in [0.1, 0.15) is 5.69 Å². The third-order valence-corrected chi connectivity index (χ3v) is 3.34. The second-order valence-corrected chi connectivity index (χ2v) is 4.49. The zero-order valence-electron chi connectivity index (χ0n) is 9.71. The Morgan fingerprint density at radius 1 is 1.39 bits per heavy atom. The molecular formula is C13H11N3OS. The van der Waals surface area contributed by atoms with Gasteiger partial charge in [0, 0.05) is 24.4 Å². The maximum absolute atomic E-state index is 9.90. The highest BCUT2D eigenvalue weighted by Gasteiger charge is 2.13. The maximum Gasteiger partial charge on any atom is 0.217 e. The van der Waals surface area contributed by atoms with Gasteiger partial charge >= 0.3 is 0 Å². The quantitative estimate of drug-likeness (QED) is 0.771. The third-order valence-electron chi connectivity index (χ3n) is 2.96. The van der Waals surface area contributed by atoms with E-state index in [0.717, 1.165) is 16.8 Å². The smallest absolute Gasteiger partial charge is 0.217 e. The van der Waals surface area contributed by atoms with Gasteiger partial charge < -0.3 is 10.1 Å². The maximum atomic E-state index is 9.90. The highest BCUT2D eigenvalue weighted by Crippen LogP contribution is 2.33. The van der Waals surface area contributed by atoms with E-state index in [-0.39, 0.29) is 5.88 Å². The summed E-state index contributed by atoms with van der Waals surface area (Å²) >= 11 is 5.06. The van der Waals surface area contributed by atoms with E-state index in [1.165, 1.54) is 4.57 Å². The van der Waals surface area contributed by atoms with Crippen LogP contribution in [0.25, 0.3) is 11.6 Å². The Morgan fingerprint density at radius 3 is 2.89 bits per heavy atom. The lowest BCUT2D eigenvalue weighted by atomic mass is 10.1. The van der Waals surface area contributed by atoms with E-state index in [4.69, 9.17) is 12.2 Å². The highest BCUT2D eigenvalue weighted by molar-refractivity contribution is 7.71. The van der Waals surface area contributed by atoms with Crippen molar-refractivity contribution in [2.45, 2.75) is 0 Å². The monoisotopic (exact) mass is 257 g/mol. The average molecular weight is 257 g/mol. The number of nitrogens with one attached hydrogen (secondary N) is 1. The number of H-pyrrole nitrogens is 1. The van der Waals surface area contributed by atoms with Gasteiger partial charge in [-0.1, -0.05) is 18.2 Å². The van der Waals surface area contributed by atoms with Crippen molar-refractivity contribution in [3.05, 3.63) is 40.3 Å². The highest BCUT2D eigenvalue weighted by atomic mass is 32.1. The largest absolute Gasteiger partial charge is 0.493 e. The molecule has 1 aliphatic rings. The Kier molecular flexibility index (Phi) is 2.41. The zero-order chi connectivity index (χ0) is 12.7. The first kappa shape index (κ1) is 11.0. The fourth-order valence-electron chi connectivity index (χ4n) is 1.94. The third kappa shape index (κ3) is 1.60. The van der Waals surface area contributed by atoms with E-state index < -0.39 is 0 Å². The van der Waals surface area contributed by atoms with E-state index in [0.29, 0.717) is 10.5 Å². The second kappa shape index (κ2) is 3.96. The van der Waals surface area contributed by atoms with Crippen LogP contribution in [-0.2, 0) is 7.05 Å². The molecule has 0 aliphatic carbocycles. The number of aromatic amines is 1. The van der Waals surface area contributed by atoms with Gasteiger partial charge in [-0.15, -0.1) is 0 Å². The van der Waals surface area contributed by atoms with E-state index in [2.05, 4.69) is 9.98 Å². The molecule has 0 radical (unpaired) electrons. The fourth-order valence-corrected chi connectivity index (χ4v) is 2.14. The number of nitrogens with zero attached hydrogens (tertiary/aromatic N) is 2. The lowest BCUT2D eigenvalue weighted by Crippen LogP contribution is -1.85. The van der Waals surface area contributed by atoms with Crippen molar-refractivity contribution in [1.82, 2.24) is 9.55 Å². The topological polar surface area (TPSA) is 53.3 Å². The van der Waals surface area contributed by atoms with Crippen molar-refractivity contribution < 1.29 is 5.11 Å². The Balaban J connectivity index is 2.12. The Bertz CT molecular complexity index is 737. The van der Waals surface area contributed by atoms with E-state index >= 15 is 0 Å². The van der Waals surface area contributed by atoms with Crippen molar-refractivity contribution in [2.24, 2.45) is 12.0 Å². The van der Waals surface area contributed by atoms with Gasteiger partial charge in [0.15, 0.2) is 4.77 Å². The van der Waals surface area contributed by atoms with Gasteiger partial charge in [-0.05, 0) is 24.4 Å². The number of benzene rings is 1. The van der Waals surface area contributed by atoms with Crippen LogP contribution >= 0.6 is 12.2 Å². The molecule has 3 rings (SSSR count). The molecule has 0 atom stereocenters. The molecule has 0 fully saturated rings. The fraction of sp³-hybridized carbons (Fsp3) is 0.0769. The predicted octanol–water partition coefficient (Wildman–Crippen LogP) is 3.04. The summed E-state index contributed by atoms with van der Waals surface area (Å²) in [5.74, 6) is 0.130. The predicted molar refractivity (Wildman–Crippen MR) is 74.7 cm³/mol. The minimum atomic E-state index is 0.130. The van der Waals surface area contributed by atoms with Crippen LogP contribution in [0.5, 0.6) is 5.88 Å². The molecule has 0 bridgehead atoms. The number of aromatic hydroxyl groups is 1. The van der Waals surface area contributed by atoms with Crippen LogP contribution < -0.4 is 0 Å². The molecule has 2 aromatic rings. The number of para-hydroxylation sites is 1. The molecule has 2 heterocycles. The lowest BCUT2D eigenvalue weighted by molar-refractivity contribution is 0.430. The van der Waals surface area contributed by atoms with Crippen LogP contribution in [0.4, 0.5) is 5.69 Å². The molecule has 0 unspecified atom stereocenters. The summed E-state index contributed by atoms with van der Waals surface area (Å²) in [6.45, 7) is 0. The van der Waals surface area contributed by atoms with E-state index in [1.807, 2.05) is 30.3 Å². The molecule has 0 spiro atoms. The molecule has 90 valence electrons. The van der Waals surface area contributed by atoms with Crippen molar-refractivity contribution >= 4 is 35.8 Å². The molecule has 2 N–H and O–H groups in total. The van der Waals surface area contributed by atoms with Crippen LogP contribution in [0.15, 0.2) is 29.3 Å². The molecule has 5 heteroatoms. The second-order valence-electron chi connectivity index (χ2n) is 4.10. The summed E-state index contributed by atoms with van der Waals surface area (Å²) in [6.07, 6.45) is 3.63. The summed E-state index contributed by atoms with van der Waals surface area (Å²) in [6, 6.07) is 7.88. The lowest BCUT2D eigenvalue weighted by Gasteiger charge is -1.98. The van der Waals surface area contributed by atoms with Crippen molar-refractivity contribution in [3.63, 3.8) is 0 Å². The minimum absolute atomic E-state index is 0.130. The van der Waals surface area contributed by atoms with E-state index in [1.54, 1.807) is 13.3 Å². The first-order valence-electron chi connectivity index (χ1n) is 5.50. The number of imidazole rings is 1. The Labute approximate surface area is 109 Å². The van der Waals surface area contributed by atoms with Crippen LogP contribution in [0.2, 0.25) is 0 Å². The van der Waals surface area contributed by atoms with Crippen LogP contribution in [-0.4, -0.2) is 20.9 Å². The normalized spacial score (nSPS) is 15.3. The van der Waals surface area contributed by atoms with E-state index in [9.17, 15) is 5.11 Å². The SMILES string of the molecule is Cn1c(O)c(/C=C2\C=Nc3ccccc32)[nH]c1=S. The summed E-state index contributed by atoms with van der Waals surface area (Å²) in [7, 11) is 1.72. The van der Waals surface area contributed by atoms with Gasteiger partial charge in [0.2, 0.25) is 5.88 Å². The molecule has 0 saturated carbocycles. The number of rotatable bonds is 1. The summed E-state index contributed by atoms with van der Waals surface area (Å²) in [4.78, 5) is 7.27. The number of allylic oxidation sites excluding steroid dienone is 1. The summed E-state index contributed by atoms with van der Waals surface area (Å²) in [5, 5.41) is 9.90. The van der Waals surface area contributed by atoms with Crippen LogP contribution in [0.3, 0.4) is 0 Å². The Morgan fingerprint density at radius 2 is 2.17 bits per heavy atom. The Hall–Kier alpha value is -2.14. The molecule has 0 saturated heterocycles. The van der Waals surface area contributed by atoms with Crippen molar-refractivity contribution in [3.8, 4) is 5.88 Å². The number of aliphatic imine (C=N–C) groups is 1. The van der Waals surface area contributed by atoms with Gasteiger partial charge in [0.25, 0.3) is 0 Å². The van der Waals surface area contributed by atoms with Crippen molar-refractivity contribution in [2.75, 3.05) is 0 Å². The summed E-state index contributed by atoms with van der Waals surface area (Å²) < 4.78 is 2.02. The molecule has 1 aliphatic heterocycles. The number of aromatic nitrogens is 2. The van der Waals surface area contributed by atoms with Crippen LogP contribution in [0.1, 0.15) is 11.3 Å². The van der Waals surface area contributed by atoms with Gasteiger partial charge in [-0.25, -0.2) is 0 Å². The number of hydrogen-bond donors (Lipinski definition) is 2. The van der Waals surface area contributed by atoms with Crippen LogP contribution in [0, 0.1) is 4.77 Å². The molecule has 4 nitrogen and oxygen atoms in total. The molecule has 0 amide bonds. The van der Waals surface area contributed by atoms with Crippen molar-refractivity contribution in [1.29, 1.82) is 0 Å². The number of fused-ring (bicyclic) bond motifs is 1. The summed E-state index contributed by atoms with van der Waals surface area (Å²) in [5.41, 5.74) is 3.55. The van der Waals surface area contributed by atoms with Gasteiger partial charge in [0.05, 0.1) is 5.69 Å². The average Bonchev–Trinajstić information content (AvgIpc) is 2.89. The number of hydrogen-bond acceptors (Lipinski definition) is 3. The van der Waals surface area contributed by atoms with Gasteiger partial charge in [-0.3, -0.25) is 9.56 Å². The zero-order valence-corrected chi connectivity index (χ0v) is 10.5. The molecule has 1 aromatic carbocycles. The first-order chi connectivity index (χ1) is 8.66.